The van der Waals surface area contributed by atoms with Crippen LogP contribution in [0.5, 0.6) is 0 Å². The van der Waals surface area contributed by atoms with Gasteiger partial charge in [-0.3, -0.25) is 0 Å². The van der Waals surface area contributed by atoms with Gasteiger partial charge in [-0.05, 0) is 48.3 Å². The Hall–Kier alpha value is 0. The van der Waals surface area contributed by atoms with Gasteiger partial charge in [0.1, 0.15) is 0 Å². The minimum absolute atomic E-state index is 1.04. The Morgan fingerprint density at radius 1 is 0.625 bits per heavy atom. The van der Waals surface area contributed by atoms with E-state index in [2.05, 4.69) is 13.8 Å². The van der Waals surface area contributed by atoms with E-state index in [-0.39, 0.29) is 0 Å². The standard InChI is InChI=1S/C16H28/c1-11-5-3-7-13-9-14-8-4-6-12(2)16(14)10-15(11)13/h11-16H,3-10H2,1-2H3. The van der Waals surface area contributed by atoms with Crippen molar-refractivity contribution in [2.45, 2.75) is 65.2 Å². The normalized spacial score (nSPS) is 52.9. The second-order valence-corrected chi connectivity index (χ2v) is 7.14. The molecule has 0 aromatic carbocycles. The van der Waals surface area contributed by atoms with Crippen molar-refractivity contribution in [3.8, 4) is 0 Å². The van der Waals surface area contributed by atoms with Gasteiger partial charge in [-0.15, -0.1) is 0 Å². The first-order valence-corrected chi connectivity index (χ1v) is 7.75. The molecule has 3 aliphatic rings. The van der Waals surface area contributed by atoms with E-state index in [1.54, 1.807) is 25.7 Å². The highest BCUT2D eigenvalue weighted by Crippen LogP contribution is 2.53. The molecule has 3 rings (SSSR count). The van der Waals surface area contributed by atoms with E-state index >= 15 is 0 Å². The van der Waals surface area contributed by atoms with E-state index in [9.17, 15) is 0 Å². The van der Waals surface area contributed by atoms with Crippen molar-refractivity contribution in [2.75, 3.05) is 0 Å². The van der Waals surface area contributed by atoms with Crippen LogP contribution in [-0.2, 0) is 0 Å². The van der Waals surface area contributed by atoms with Crippen LogP contribution in [0.25, 0.3) is 0 Å². The van der Waals surface area contributed by atoms with Crippen molar-refractivity contribution in [3.05, 3.63) is 0 Å². The third-order valence-corrected chi connectivity index (χ3v) is 6.29. The third kappa shape index (κ3) is 1.83. The first kappa shape index (κ1) is 11.1. The predicted octanol–water partition coefficient (Wildman–Crippen LogP) is 4.89. The van der Waals surface area contributed by atoms with Gasteiger partial charge < -0.3 is 0 Å². The van der Waals surface area contributed by atoms with Crippen molar-refractivity contribution < 1.29 is 0 Å². The minimum Gasteiger partial charge on any atom is -0.0622 e. The first-order chi connectivity index (χ1) is 7.75. The van der Waals surface area contributed by atoms with Gasteiger partial charge in [-0.1, -0.05) is 52.4 Å². The fourth-order valence-corrected chi connectivity index (χ4v) is 5.33. The summed E-state index contributed by atoms with van der Waals surface area (Å²) in [5.41, 5.74) is 0. The van der Waals surface area contributed by atoms with Crippen molar-refractivity contribution in [2.24, 2.45) is 35.5 Å². The van der Waals surface area contributed by atoms with Gasteiger partial charge in [-0.25, -0.2) is 0 Å². The van der Waals surface area contributed by atoms with Gasteiger partial charge in [-0.2, -0.15) is 0 Å². The molecule has 0 heteroatoms. The number of rotatable bonds is 0. The molecule has 0 bridgehead atoms. The molecule has 0 heterocycles. The zero-order valence-electron chi connectivity index (χ0n) is 11.1. The number of hydrogen-bond acceptors (Lipinski definition) is 0. The van der Waals surface area contributed by atoms with Crippen LogP contribution in [0.2, 0.25) is 0 Å². The number of fused-ring (bicyclic) bond motifs is 2. The smallest absolute Gasteiger partial charge is 0.0357 e. The predicted molar refractivity (Wildman–Crippen MR) is 69.2 cm³/mol. The van der Waals surface area contributed by atoms with Crippen LogP contribution in [0.1, 0.15) is 65.2 Å². The van der Waals surface area contributed by atoms with E-state index in [1.165, 1.54) is 25.7 Å². The molecule has 3 fully saturated rings. The molecule has 16 heavy (non-hydrogen) atoms. The molecule has 0 nitrogen and oxygen atoms in total. The Morgan fingerprint density at radius 2 is 1.12 bits per heavy atom. The fourth-order valence-electron chi connectivity index (χ4n) is 5.33. The molecule has 0 N–H and O–H groups in total. The van der Waals surface area contributed by atoms with Crippen LogP contribution >= 0.6 is 0 Å². The topological polar surface area (TPSA) is 0 Å². The molecule has 0 radical (unpaired) electrons. The molecule has 0 saturated heterocycles. The highest BCUT2D eigenvalue weighted by molar-refractivity contribution is 4.93. The molecule has 0 amide bonds. The average molecular weight is 220 g/mol. The average Bonchev–Trinajstić information content (AvgIpc) is 2.28. The van der Waals surface area contributed by atoms with E-state index in [0.29, 0.717) is 0 Å². The van der Waals surface area contributed by atoms with E-state index < -0.39 is 0 Å². The van der Waals surface area contributed by atoms with E-state index in [0.717, 1.165) is 35.5 Å². The summed E-state index contributed by atoms with van der Waals surface area (Å²) < 4.78 is 0. The van der Waals surface area contributed by atoms with Crippen molar-refractivity contribution in [1.82, 2.24) is 0 Å². The van der Waals surface area contributed by atoms with Gasteiger partial charge in [0.05, 0.1) is 0 Å². The summed E-state index contributed by atoms with van der Waals surface area (Å²) in [6, 6.07) is 0. The maximum atomic E-state index is 2.53. The number of hydrogen-bond donors (Lipinski definition) is 0. The fraction of sp³-hybridized carbons (Fsp3) is 1.00. The van der Waals surface area contributed by atoms with Crippen LogP contribution in [0.15, 0.2) is 0 Å². The first-order valence-electron chi connectivity index (χ1n) is 7.75. The molecule has 92 valence electrons. The highest BCUT2D eigenvalue weighted by atomic mass is 14.5. The van der Waals surface area contributed by atoms with E-state index in [4.69, 9.17) is 0 Å². The van der Waals surface area contributed by atoms with Crippen LogP contribution in [0.3, 0.4) is 0 Å². The zero-order chi connectivity index (χ0) is 11.1. The maximum absolute atomic E-state index is 2.53. The second kappa shape index (κ2) is 4.35. The molecular formula is C16H28. The van der Waals surface area contributed by atoms with Gasteiger partial charge in [0.2, 0.25) is 0 Å². The summed E-state index contributed by atoms with van der Waals surface area (Å²) in [5, 5.41) is 0. The van der Waals surface area contributed by atoms with Crippen molar-refractivity contribution in [1.29, 1.82) is 0 Å². The lowest BCUT2D eigenvalue weighted by atomic mass is 9.55. The maximum Gasteiger partial charge on any atom is -0.0357 e. The molecular weight excluding hydrogens is 192 g/mol. The Labute approximate surface area is 101 Å². The van der Waals surface area contributed by atoms with Gasteiger partial charge in [0.25, 0.3) is 0 Å². The van der Waals surface area contributed by atoms with Crippen molar-refractivity contribution in [3.63, 3.8) is 0 Å². The lowest BCUT2D eigenvalue weighted by Gasteiger charge is -2.50. The lowest BCUT2D eigenvalue weighted by Crippen LogP contribution is -2.41. The molecule has 0 aliphatic heterocycles. The summed E-state index contributed by atoms with van der Waals surface area (Å²) in [6.45, 7) is 5.06. The Morgan fingerprint density at radius 3 is 1.62 bits per heavy atom. The van der Waals surface area contributed by atoms with Gasteiger partial charge in [0, 0.05) is 0 Å². The summed E-state index contributed by atoms with van der Waals surface area (Å²) in [5.74, 6) is 6.53. The lowest BCUT2D eigenvalue weighted by molar-refractivity contribution is -0.000350. The summed E-state index contributed by atoms with van der Waals surface area (Å²) in [7, 11) is 0. The summed E-state index contributed by atoms with van der Waals surface area (Å²) in [6.07, 6.45) is 12.4. The van der Waals surface area contributed by atoms with Crippen LogP contribution in [0, 0.1) is 35.5 Å². The van der Waals surface area contributed by atoms with Gasteiger partial charge in [0.15, 0.2) is 0 Å². The molecule has 0 spiro atoms. The monoisotopic (exact) mass is 220 g/mol. The van der Waals surface area contributed by atoms with Crippen molar-refractivity contribution >= 4 is 0 Å². The van der Waals surface area contributed by atoms with Crippen LogP contribution < -0.4 is 0 Å². The molecule has 0 aromatic heterocycles. The summed E-state index contributed by atoms with van der Waals surface area (Å²) >= 11 is 0. The van der Waals surface area contributed by atoms with E-state index in [1.807, 2.05) is 0 Å². The quantitative estimate of drug-likeness (QED) is 0.545. The van der Waals surface area contributed by atoms with Crippen LogP contribution in [-0.4, -0.2) is 0 Å². The van der Waals surface area contributed by atoms with Crippen LogP contribution in [0.4, 0.5) is 0 Å². The molecule has 6 atom stereocenters. The molecule has 3 aliphatic carbocycles. The largest absolute Gasteiger partial charge is 0.0622 e. The SMILES string of the molecule is CC1CCCC2CC3CCCC(C)C3CC12. The third-order valence-electron chi connectivity index (χ3n) is 6.29. The van der Waals surface area contributed by atoms with Gasteiger partial charge >= 0.3 is 0 Å². The Kier molecular flexibility index (Phi) is 3.02. The second-order valence-electron chi connectivity index (χ2n) is 7.14. The molecule has 6 unspecified atom stereocenters. The minimum atomic E-state index is 1.04. The zero-order valence-corrected chi connectivity index (χ0v) is 11.1. The Bertz CT molecular complexity index is 220. The summed E-state index contributed by atoms with van der Waals surface area (Å²) in [4.78, 5) is 0. The Balaban J connectivity index is 1.74. The molecule has 0 aromatic rings. The molecule has 3 saturated carbocycles. The highest BCUT2D eigenvalue weighted by Gasteiger charge is 2.43.